The average molecular weight is 206 g/mol. The van der Waals surface area contributed by atoms with Gasteiger partial charge < -0.3 is 0 Å². The number of para-hydroxylation sites is 1. The summed E-state index contributed by atoms with van der Waals surface area (Å²) >= 11 is 0. The SMILES string of the molecule is C1=CC2=NC3=Nc4ccccc4C3=C2CC1. The predicted molar refractivity (Wildman–Crippen MR) is 66.3 cm³/mol. The van der Waals surface area contributed by atoms with E-state index in [-0.39, 0.29) is 0 Å². The fourth-order valence-corrected chi connectivity index (χ4v) is 2.57. The minimum atomic E-state index is 0.915. The lowest BCUT2D eigenvalue weighted by atomic mass is 9.93. The molecule has 0 radical (unpaired) electrons. The van der Waals surface area contributed by atoms with E-state index in [4.69, 9.17) is 0 Å². The molecule has 2 nitrogen and oxygen atoms in total. The maximum absolute atomic E-state index is 4.59. The summed E-state index contributed by atoms with van der Waals surface area (Å²) in [5.41, 5.74) is 6.09. The standard InChI is InChI=1S/C14H10N2/c1-3-7-11-9(5-1)13-10-6-2-4-8-12(10)16-14(13)15-11/h1,3-5,7-8H,2,6H2. The topological polar surface area (TPSA) is 24.7 Å². The molecule has 76 valence electrons. The lowest BCUT2D eigenvalue weighted by Gasteiger charge is -2.09. The first-order valence-corrected chi connectivity index (χ1v) is 5.61. The van der Waals surface area contributed by atoms with Crippen molar-refractivity contribution >= 4 is 22.8 Å². The van der Waals surface area contributed by atoms with Gasteiger partial charge >= 0.3 is 0 Å². The minimum absolute atomic E-state index is 0.915. The van der Waals surface area contributed by atoms with Crippen LogP contribution in [0.2, 0.25) is 0 Å². The van der Waals surface area contributed by atoms with Crippen LogP contribution in [0.3, 0.4) is 0 Å². The van der Waals surface area contributed by atoms with Crippen LogP contribution < -0.4 is 0 Å². The van der Waals surface area contributed by atoms with Crippen molar-refractivity contribution in [1.82, 2.24) is 0 Å². The first-order valence-electron chi connectivity index (χ1n) is 5.61. The van der Waals surface area contributed by atoms with Crippen molar-refractivity contribution in [2.24, 2.45) is 9.98 Å². The fourth-order valence-electron chi connectivity index (χ4n) is 2.57. The summed E-state index contributed by atoms with van der Waals surface area (Å²) in [5, 5.41) is 0. The van der Waals surface area contributed by atoms with Gasteiger partial charge in [-0.05, 0) is 30.6 Å². The minimum Gasteiger partial charge on any atom is -0.228 e. The number of benzene rings is 1. The number of nitrogens with zero attached hydrogens (tertiary/aromatic N) is 2. The Morgan fingerprint density at radius 3 is 3.00 bits per heavy atom. The molecule has 1 aromatic rings. The Labute approximate surface area is 93.7 Å². The quantitative estimate of drug-likeness (QED) is 0.622. The molecule has 2 aliphatic heterocycles. The van der Waals surface area contributed by atoms with E-state index in [1.165, 1.54) is 16.7 Å². The largest absolute Gasteiger partial charge is 0.228 e. The van der Waals surface area contributed by atoms with Crippen molar-refractivity contribution in [3.05, 3.63) is 47.6 Å². The van der Waals surface area contributed by atoms with Crippen LogP contribution in [-0.4, -0.2) is 11.5 Å². The molecule has 0 saturated heterocycles. The van der Waals surface area contributed by atoms with Crippen molar-refractivity contribution < 1.29 is 0 Å². The molecule has 2 heterocycles. The molecule has 0 saturated carbocycles. The first-order chi connectivity index (χ1) is 7.93. The number of allylic oxidation sites excluding steroid dienone is 3. The normalized spacial score (nSPS) is 20.2. The Balaban J connectivity index is 2.02. The van der Waals surface area contributed by atoms with Crippen molar-refractivity contribution in [1.29, 1.82) is 0 Å². The molecular weight excluding hydrogens is 196 g/mol. The van der Waals surface area contributed by atoms with Crippen molar-refractivity contribution in [3.63, 3.8) is 0 Å². The highest BCUT2D eigenvalue weighted by Crippen LogP contribution is 2.42. The zero-order valence-electron chi connectivity index (χ0n) is 8.77. The zero-order chi connectivity index (χ0) is 10.5. The van der Waals surface area contributed by atoms with E-state index in [0.29, 0.717) is 0 Å². The van der Waals surface area contributed by atoms with Gasteiger partial charge in [-0.3, -0.25) is 0 Å². The molecule has 0 spiro atoms. The summed E-state index contributed by atoms with van der Waals surface area (Å²) in [5.74, 6) is 0.915. The second-order valence-corrected chi connectivity index (χ2v) is 4.24. The Hall–Kier alpha value is -1.96. The second-order valence-electron chi connectivity index (χ2n) is 4.24. The molecular formula is C14H10N2. The summed E-state index contributed by atoms with van der Waals surface area (Å²) in [6, 6.07) is 8.30. The molecule has 0 atom stereocenters. The first kappa shape index (κ1) is 8.22. The molecule has 0 fully saturated rings. The number of hydrogen-bond acceptors (Lipinski definition) is 2. The van der Waals surface area contributed by atoms with Crippen LogP contribution >= 0.6 is 0 Å². The van der Waals surface area contributed by atoms with Gasteiger partial charge in [-0.1, -0.05) is 24.3 Å². The van der Waals surface area contributed by atoms with E-state index < -0.39 is 0 Å². The van der Waals surface area contributed by atoms with Gasteiger partial charge in [0.15, 0.2) is 5.84 Å². The van der Waals surface area contributed by atoms with Gasteiger partial charge in [0.2, 0.25) is 0 Å². The molecule has 16 heavy (non-hydrogen) atoms. The van der Waals surface area contributed by atoms with Crippen molar-refractivity contribution in [2.45, 2.75) is 12.8 Å². The van der Waals surface area contributed by atoms with Gasteiger partial charge in [0.25, 0.3) is 0 Å². The zero-order valence-corrected chi connectivity index (χ0v) is 8.77. The summed E-state index contributed by atoms with van der Waals surface area (Å²) < 4.78 is 0. The lowest BCUT2D eigenvalue weighted by Crippen LogP contribution is -2.01. The summed E-state index contributed by atoms with van der Waals surface area (Å²) in [6.45, 7) is 0. The molecule has 1 aromatic carbocycles. The Bertz CT molecular complexity index is 615. The molecule has 2 heteroatoms. The van der Waals surface area contributed by atoms with Crippen molar-refractivity contribution in [2.75, 3.05) is 0 Å². The Morgan fingerprint density at radius 1 is 1.06 bits per heavy atom. The van der Waals surface area contributed by atoms with E-state index in [0.717, 1.165) is 30.1 Å². The summed E-state index contributed by atoms with van der Waals surface area (Å²) in [7, 11) is 0. The molecule has 0 bridgehead atoms. The Morgan fingerprint density at radius 2 is 2.00 bits per heavy atom. The maximum atomic E-state index is 4.59. The fraction of sp³-hybridized carbons (Fsp3) is 0.143. The van der Waals surface area contributed by atoms with Crippen LogP contribution in [0.25, 0.3) is 5.57 Å². The Kier molecular flexibility index (Phi) is 1.43. The summed E-state index contributed by atoms with van der Waals surface area (Å²) in [6.07, 6.45) is 6.52. The molecule has 0 unspecified atom stereocenters. The highest BCUT2D eigenvalue weighted by atomic mass is 15.0. The molecule has 0 aromatic heterocycles. The third-order valence-electron chi connectivity index (χ3n) is 3.30. The lowest BCUT2D eigenvalue weighted by molar-refractivity contribution is 1.01. The monoisotopic (exact) mass is 206 g/mol. The van der Waals surface area contributed by atoms with Gasteiger partial charge in [0.1, 0.15) is 0 Å². The second kappa shape index (κ2) is 2.79. The van der Waals surface area contributed by atoms with E-state index in [9.17, 15) is 0 Å². The number of amidine groups is 1. The molecule has 0 amide bonds. The van der Waals surface area contributed by atoms with E-state index in [2.05, 4.69) is 40.3 Å². The third kappa shape index (κ3) is 0.915. The molecule has 4 rings (SSSR count). The van der Waals surface area contributed by atoms with Gasteiger partial charge in [0.05, 0.1) is 11.4 Å². The number of hydrogen-bond donors (Lipinski definition) is 0. The van der Waals surface area contributed by atoms with Crippen LogP contribution in [0.4, 0.5) is 5.69 Å². The van der Waals surface area contributed by atoms with Crippen LogP contribution in [0.5, 0.6) is 0 Å². The average Bonchev–Trinajstić information content (AvgIpc) is 2.83. The molecule has 3 aliphatic rings. The van der Waals surface area contributed by atoms with Crippen LogP contribution in [0, 0.1) is 0 Å². The van der Waals surface area contributed by atoms with Crippen LogP contribution in [0.15, 0.2) is 52.0 Å². The van der Waals surface area contributed by atoms with Crippen LogP contribution in [-0.2, 0) is 0 Å². The summed E-state index contributed by atoms with van der Waals surface area (Å²) in [4.78, 5) is 9.17. The van der Waals surface area contributed by atoms with Gasteiger partial charge in [0, 0.05) is 11.1 Å². The number of rotatable bonds is 0. The highest BCUT2D eigenvalue weighted by Gasteiger charge is 2.30. The maximum Gasteiger partial charge on any atom is 0.161 e. The van der Waals surface area contributed by atoms with Gasteiger partial charge in [-0.2, -0.15) is 0 Å². The highest BCUT2D eigenvalue weighted by molar-refractivity contribution is 6.42. The molecule has 0 N–H and O–H groups in total. The smallest absolute Gasteiger partial charge is 0.161 e. The van der Waals surface area contributed by atoms with Crippen LogP contribution in [0.1, 0.15) is 18.4 Å². The number of aliphatic imine (C=N–C) groups is 2. The van der Waals surface area contributed by atoms with Gasteiger partial charge in [-0.15, -0.1) is 0 Å². The van der Waals surface area contributed by atoms with E-state index in [1.54, 1.807) is 0 Å². The van der Waals surface area contributed by atoms with E-state index in [1.807, 2.05) is 6.07 Å². The predicted octanol–water partition coefficient (Wildman–Crippen LogP) is 3.29. The third-order valence-corrected chi connectivity index (χ3v) is 3.30. The van der Waals surface area contributed by atoms with Crippen molar-refractivity contribution in [3.8, 4) is 0 Å². The van der Waals surface area contributed by atoms with Gasteiger partial charge in [-0.25, -0.2) is 9.98 Å². The van der Waals surface area contributed by atoms with E-state index >= 15 is 0 Å². The number of fused-ring (bicyclic) bond motifs is 4. The molecule has 1 aliphatic carbocycles.